The highest BCUT2D eigenvalue weighted by atomic mass is 16.6. The van der Waals surface area contributed by atoms with Crippen molar-refractivity contribution in [2.75, 3.05) is 7.11 Å². The van der Waals surface area contributed by atoms with E-state index in [2.05, 4.69) is 0 Å². The van der Waals surface area contributed by atoms with Crippen LogP contribution in [0.2, 0.25) is 0 Å². The molecule has 2 saturated heterocycles. The molecule has 0 spiro atoms. The smallest absolute Gasteiger partial charge is 0.319 e. The van der Waals surface area contributed by atoms with Crippen molar-refractivity contribution < 1.29 is 47.7 Å². The van der Waals surface area contributed by atoms with Crippen molar-refractivity contribution >= 4 is 35.4 Å². The molecule has 2 aliphatic heterocycles. The Hall–Kier alpha value is -2.62. The molecule has 10 saturated carbocycles. The van der Waals surface area contributed by atoms with E-state index in [9.17, 15) is 28.8 Å². The maximum atomic E-state index is 14.5. The van der Waals surface area contributed by atoms with Crippen LogP contribution in [0.4, 0.5) is 0 Å². The van der Waals surface area contributed by atoms with Crippen LogP contribution in [0.3, 0.4) is 0 Å². The molecule has 12 rings (SSSR count). The van der Waals surface area contributed by atoms with E-state index >= 15 is 0 Å². The molecule has 12 aliphatic rings. The Bertz CT molecular complexity index is 1460. The Labute approximate surface area is 268 Å². The number of carbonyl (C=O) groups excluding carboxylic acids is 6. The summed E-state index contributed by atoms with van der Waals surface area (Å²) < 4.78 is 24.3. The van der Waals surface area contributed by atoms with Gasteiger partial charge in [-0.3, -0.25) is 28.8 Å². The third-order valence-electron chi connectivity index (χ3n) is 14.8. The molecule has 2 heterocycles. The van der Waals surface area contributed by atoms with Gasteiger partial charge in [0.25, 0.3) is 0 Å². The van der Waals surface area contributed by atoms with Gasteiger partial charge in [-0.1, -0.05) is 0 Å². The van der Waals surface area contributed by atoms with Gasteiger partial charge in [0.1, 0.15) is 23.3 Å². The zero-order chi connectivity index (χ0) is 32.1. The highest BCUT2D eigenvalue weighted by Gasteiger charge is 2.69. The fraction of sp³-hybridized carbons (Fsp3) is 0.833. The fourth-order valence-electron chi connectivity index (χ4n) is 13.6. The van der Waals surface area contributed by atoms with E-state index in [1.165, 1.54) is 6.92 Å². The summed E-state index contributed by atoms with van der Waals surface area (Å²) in [5, 5.41) is 0. The lowest BCUT2D eigenvalue weighted by molar-refractivity contribution is -0.237. The summed E-state index contributed by atoms with van der Waals surface area (Å²) in [5.74, 6) is -2.55. The number of fused-ring (bicyclic) bond motifs is 1. The van der Waals surface area contributed by atoms with Crippen molar-refractivity contribution in [2.24, 2.45) is 51.2 Å². The number of hydrogen-bond acceptors (Lipinski definition) is 10. The van der Waals surface area contributed by atoms with E-state index in [0.717, 1.165) is 32.1 Å². The summed E-state index contributed by atoms with van der Waals surface area (Å²) in [4.78, 5) is 81.8. The van der Waals surface area contributed by atoms with Gasteiger partial charge in [-0.15, -0.1) is 0 Å². The zero-order valence-corrected chi connectivity index (χ0v) is 26.9. The minimum atomic E-state index is -1.24. The number of hydrogen-bond donors (Lipinski definition) is 0. The minimum absolute atomic E-state index is 0.0120. The molecule has 12 bridgehead atoms. The molecule has 8 atom stereocenters. The lowest BCUT2D eigenvalue weighted by Crippen LogP contribution is -2.63. The first-order chi connectivity index (χ1) is 21.7. The number of carbonyl (C=O) groups is 6. The maximum Gasteiger partial charge on any atom is 0.319 e. The first-order valence-corrected chi connectivity index (χ1v) is 17.5. The monoisotopic (exact) mass is 636 g/mol. The number of esters is 4. The topological polar surface area (TPSA) is 139 Å². The van der Waals surface area contributed by atoms with Crippen LogP contribution in [-0.4, -0.2) is 59.9 Å². The van der Waals surface area contributed by atoms with Crippen molar-refractivity contribution in [1.82, 2.24) is 0 Å². The van der Waals surface area contributed by atoms with Crippen LogP contribution in [0.15, 0.2) is 0 Å². The largest absolute Gasteiger partial charge is 0.462 e. The van der Waals surface area contributed by atoms with Crippen molar-refractivity contribution in [1.29, 1.82) is 0 Å². The van der Waals surface area contributed by atoms with Crippen LogP contribution < -0.4 is 0 Å². The molecule has 0 aromatic carbocycles. The van der Waals surface area contributed by atoms with E-state index in [0.29, 0.717) is 56.8 Å². The molecular weight excluding hydrogens is 592 g/mol. The number of methoxy groups -OCH3 is 1. The van der Waals surface area contributed by atoms with Gasteiger partial charge in [0, 0.05) is 43.6 Å². The van der Waals surface area contributed by atoms with Crippen molar-refractivity contribution in [3.05, 3.63) is 0 Å². The second-order valence-corrected chi connectivity index (χ2v) is 17.8. The first-order valence-electron chi connectivity index (χ1n) is 17.5. The van der Waals surface area contributed by atoms with Crippen LogP contribution in [0.1, 0.15) is 110 Å². The highest BCUT2D eigenvalue weighted by molar-refractivity contribution is 5.98. The molecule has 10 nitrogen and oxygen atoms in total. The number of ether oxygens (including phenoxy) is 4. The molecular formula is C36H44O10. The third kappa shape index (κ3) is 3.91. The lowest BCUT2D eigenvalue weighted by atomic mass is 9.43. The van der Waals surface area contributed by atoms with E-state index in [-0.39, 0.29) is 60.7 Å². The summed E-state index contributed by atoms with van der Waals surface area (Å²) in [6.07, 6.45) is 7.67. The van der Waals surface area contributed by atoms with Crippen LogP contribution >= 0.6 is 0 Å². The summed E-state index contributed by atoms with van der Waals surface area (Å²) >= 11 is 0. The average molecular weight is 637 g/mol. The lowest BCUT2D eigenvalue weighted by Gasteiger charge is -2.61. The first kappa shape index (κ1) is 29.5. The van der Waals surface area contributed by atoms with Gasteiger partial charge in [0.15, 0.2) is 0 Å². The quantitative estimate of drug-likeness (QED) is 0.237. The van der Waals surface area contributed by atoms with Crippen molar-refractivity contribution in [3.8, 4) is 0 Å². The summed E-state index contributed by atoms with van der Waals surface area (Å²) in [7, 11) is 1.76. The van der Waals surface area contributed by atoms with Crippen LogP contribution in [0.25, 0.3) is 0 Å². The molecule has 0 N–H and O–H groups in total. The van der Waals surface area contributed by atoms with E-state index < -0.39 is 57.2 Å². The zero-order valence-electron chi connectivity index (χ0n) is 26.9. The third-order valence-corrected chi connectivity index (χ3v) is 14.8. The SMILES string of the molecule is COC12CC3CC(C1)CC(OC(=O)C14CC5CC(C(=O)OC(=O)C67CC8CC(C(C)=O)(CC(C6)C8=O)C7)(CC(C1)C(=O)O5)C4)(C3)C2. The molecule has 0 radical (unpaired) electrons. The van der Waals surface area contributed by atoms with Gasteiger partial charge in [-0.05, 0) is 102 Å². The van der Waals surface area contributed by atoms with Crippen LogP contribution in [-0.2, 0) is 47.7 Å². The molecule has 8 unspecified atom stereocenters. The van der Waals surface area contributed by atoms with Crippen molar-refractivity contribution in [3.63, 3.8) is 0 Å². The standard InChI is InChI=1S/C36H44O10/c1-19(37)31-8-22-10-32(16-31,11-23(9-31)26(22)38)28(40)45-29(41)33-12-24-13-34(17-33,15-25(14-33)44-27(24)39)30(42)46-36-6-20-3-21(7-36)5-35(4-20,18-36)43-2/h20-25H,3-18H2,1-2H3. The molecule has 10 aliphatic carbocycles. The summed E-state index contributed by atoms with van der Waals surface area (Å²) in [5.41, 5.74) is -4.99. The van der Waals surface area contributed by atoms with Gasteiger partial charge < -0.3 is 18.9 Å². The number of Topliss-reactive ketones (excluding diaryl/α,β-unsaturated/α-hetero) is 2. The van der Waals surface area contributed by atoms with Gasteiger partial charge in [-0.25, -0.2) is 0 Å². The summed E-state index contributed by atoms with van der Waals surface area (Å²) in [6.45, 7) is 1.54. The maximum absolute atomic E-state index is 14.5. The predicted molar refractivity (Wildman–Crippen MR) is 156 cm³/mol. The second-order valence-electron chi connectivity index (χ2n) is 17.8. The molecule has 0 aromatic heterocycles. The second kappa shape index (κ2) is 9.08. The van der Waals surface area contributed by atoms with Crippen LogP contribution in [0, 0.1) is 51.2 Å². The Morgan fingerprint density at radius 1 is 0.630 bits per heavy atom. The molecule has 10 heteroatoms. The van der Waals surface area contributed by atoms with E-state index in [4.69, 9.17) is 18.9 Å². The van der Waals surface area contributed by atoms with Gasteiger partial charge >= 0.3 is 23.9 Å². The molecule has 46 heavy (non-hydrogen) atoms. The van der Waals surface area contributed by atoms with Crippen LogP contribution in [0.5, 0.6) is 0 Å². The fourth-order valence-corrected chi connectivity index (χ4v) is 13.6. The molecule has 0 aromatic rings. The Kier molecular flexibility index (Phi) is 5.83. The van der Waals surface area contributed by atoms with Gasteiger partial charge in [-0.2, -0.15) is 0 Å². The average Bonchev–Trinajstić information content (AvgIpc) is 3.14. The Morgan fingerprint density at radius 3 is 1.72 bits per heavy atom. The van der Waals surface area contributed by atoms with Crippen molar-refractivity contribution in [2.45, 2.75) is 127 Å². The number of rotatable bonds is 6. The highest BCUT2D eigenvalue weighted by Crippen LogP contribution is 2.67. The molecule has 12 fully saturated rings. The number of ketones is 2. The van der Waals surface area contributed by atoms with Gasteiger partial charge in [0.05, 0.1) is 27.8 Å². The van der Waals surface area contributed by atoms with E-state index in [1.54, 1.807) is 7.11 Å². The Morgan fingerprint density at radius 2 is 1.13 bits per heavy atom. The molecule has 0 amide bonds. The summed E-state index contributed by atoms with van der Waals surface area (Å²) in [6, 6.07) is 0. The predicted octanol–water partition coefficient (Wildman–Crippen LogP) is 4.18. The van der Waals surface area contributed by atoms with Gasteiger partial charge in [0.2, 0.25) is 0 Å². The molecule has 248 valence electrons. The normalized spacial score (nSPS) is 52.0. The van der Waals surface area contributed by atoms with E-state index in [1.807, 2.05) is 0 Å². The minimum Gasteiger partial charge on any atom is -0.462 e. The Balaban J connectivity index is 0.992.